The van der Waals surface area contributed by atoms with E-state index in [1.54, 1.807) is 6.07 Å². The van der Waals surface area contributed by atoms with Crippen LogP contribution in [0.3, 0.4) is 0 Å². The fourth-order valence-electron chi connectivity index (χ4n) is 3.20. The molecule has 106 valence electrons. The Morgan fingerprint density at radius 3 is 2.55 bits per heavy atom. The van der Waals surface area contributed by atoms with E-state index in [2.05, 4.69) is 24.2 Å². The molecule has 1 aliphatic carbocycles. The van der Waals surface area contributed by atoms with E-state index in [1.165, 1.54) is 25.7 Å². The molecule has 4 heteroatoms. The summed E-state index contributed by atoms with van der Waals surface area (Å²) >= 11 is 0. The summed E-state index contributed by atoms with van der Waals surface area (Å²) in [7, 11) is 2.10. The van der Waals surface area contributed by atoms with E-state index in [1.807, 2.05) is 12.1 Å². The molecular weight excluding hydrogens is 252 g/mol. The number of nitrogens with zero attached hydrogens (tertiary/aromatic N) is 1. The molecule has 3 rings (SSSR count). The molecule has 0 saturated heterocycles. The molecule has 1 saturated carbocycles. The number of hydrogen-bond donors (Lipinski definition) is 1. The Labute approximate surface area is 119 Å². The van der Waals surface area contributed by atoms with Crippen LogP contribution in [0.5, 0.6) is 0 Å². The Morgan fingerprint density at radius 2 is 1.85 bits per heavy atom. The fraction of sp³-hybridized carbons (Fsp3) is 0.500. The zero-order valence-corrected chi connectivity index (χ0v) is 12.0. The first-order valence-corrected chi connectivity index (χ1v) is 7.29. The van der Waals surface area contributed by atoms with Gasteiger partial charge in [-0.25, -0.2) is 0 Å². The van der Waals surface area contributed by atoms with Crippen molar-refractivity contribution in [2.45, 2.75) is 38.6 Å². The molecule has 0 radical (unpaired) electrons. The van der Waals surface area contributed by atoms with Crippen LogP contribution in [-0.2, 0) is 4.79 Å². The van der Waals surface area contributed by atoms with Crippen LogP contribution in [-0.4, -0.2) is 24.8 Å². The molecule has 0 aromatic heterocycles. The number of carbonyl (C=O) groups is 2. The largest absolute Gasteiger partial charge is 0.372 e. The van der Waals surface area contributed by atoms with Crippen molar-refractivity contribution < 1.29 is 9.59 Å². The lowest BCUT2D eigenvalue weighted by Gasteiger charge is -2.35. The molecule has 0 atom stereocenters. The van der Waals surface area contributed by atoms with E-state index in [9.17, 15) is 9.59 Å². The average Bonchev–Trinajstić information content (AvgIpc) is 2.74. The summed E-state index contributed by atoms with van der Waals surface area (Å²) in [5.41, 5.74) is 2.20. The van der Waals surface area contributed by atoms with Crippen LogP contribution in [0.4, 0.5) is 11.4 Å². The van der Waals surface area contributed by atoms with E-state index >= 15 is 0 Å². The topological polar surface area (TPSA) is 49.4 Å². The molecule has 1 amide bonds. The molecule has 4 nitrogen and oxygen atoms in total. The van der Waals surface area contributed by atoms with Gasteiger partial charge in [-0.3, -0.25) is 9.59 Å². The highest BCUT2D eigenvalue weighted by atomic mass is 16.2. The summed E-state index contributed by atoms with van der Waals surface area (Å²) in [5.74, 6) is -0.122. The van der Waals surface area contributed by atoms with Crippen molar-refractivity contribution in [3.05, 3.63) is 23.8 Å². The minimum atomic E-state index is -0.522. The first-order chi connectivity index (χ1) is 9.56. The number of amides is 1. The molecule has 0 bridgehead atoms. The number of anilines is 2. The molecule has 1 aromatic rings. The highest BCUT2D eigenvalue weighted by molar-refractivity contribution is 6.51. The molecule has 1 heterocycles. The maximum atomic E-state index is 11.6. The summed E-state index contributed by atoms with van der Waals surface area (Å²) in [4.78, 5) is 25.2. The quantitative estimate of drug-likeness (QED) is 0.842. The molecule has 20 heavy (non-hydrogen) atoms. The number of ketones is 1. The molecule has 1 N–H and O–H groups in total. The summed E-state index contributed by atoms with van der Waals surface area (Å²) in [6.45, 7) is 2.31. The third-order valence-electron chi connectivity index (χ3n) is 4.64. The van der Waals surface area contributed by atoms with Crippen LogP contribution in [0.25, 0.3) is 0 Å². The molecule has 0 unspecified atom stereocenters. The first-order valence-electron chi connectivity index (χ1n) is 7.29. The minimum Gasteiger partial charge on any atom is -0.372 e. The van der Waals surface area contributed by atoms with Crippen LogP contribution in [0.2, 0.25) is 0 Å². The van der Waals surface area contributed by atoms with Gasteiger partial charge in [0.05, 0.1) is 11.3 Å². The monoisotopic (exact) mass is 272 g/mol. The number of carbonyl (C=O) groups excluding carboxylic acids is 2. The van der Waals surface area contributed by atoms with Crippen molar-refractivity contribution in [1.82, 2.24) is 0 Å². The van der Waals surface area contributed by atoms with Crippen molar-refractivity contribution >= 4 is 23.1 Å². The molecule has 1 fully saturated rings. The Bertz CT molecular complexity index is 560. The van der Waals surface area contributed by atoms with Crippen LogP contribution in [0.15, 0.2) is 18.2 Å². The Hall–Kier alpha value is -1.84. The molecule has 1 aromatic carbocycles. The van der Waals surface area contributed by atoms with Gasteiger partial charge in [-0.2, -0.15) is 0 Å². The van der Waals surface area contributed by atoms with E-state index < -0.39 is 11.7 Å². The van der Waals surface area contributed by atoms with Gasteiger partial charge in [-0.05, 0) is 49.8 Å². The Kier molecular flexibility index (Phi) is 3.24. The minimum absolute atomic E-state index is 0.430. The van der Waals surface area contributed by atoms with Crippen LogP contribution in [0.1, 0.15) is 43.0 Å². The molecule has 1 aliphatic heterocycles. The number of nitrogens with one attached hydrogen (secondary N) is 1. The number of fused-ring (bicyclic) bond motifs is 1. The van der Waals surface area contributed by atoms with E-state index in [4.69, 9.17) is 0 Å². The van der Waals surface area contributed by atoms with Gasteiger partial charge in [0.15, 0.2) is 0 Å². The van der Waals surface area contributed by atoms with Crippen LogP contribution in [0, 0.1) is 5.92 Å². The van der Waals surface area contributed by atoms with Crippen molar-refractivity contribution in [1.29, 1.82) is 0 Å². The molecule has 2 aliphatic rings. The highest BCUT2D eigenvalue weighted by Gasteiger charge is 2.29. The second-order valence-corrected chi connectivity index (χ2v) is 6.04. The van der Waals surface area contributed by atoms with Crippen LogP contribution < -0.4 is 10.2 Å². The van der Waals surface area contributed by atoms with Gasteiger partial charge in [0.25, 0.3) is 11.7 Å². The van der Waals surface area contributed by atoms with Gasteiger partial charge in [0.2, 0.25) is 0 Å². The molecular formula is C16H20N2O2. The van der Waals surface area contributed by atoms with E-state index in [0.717, 1.165) is 11.6 Å². The Morgan fingerprint density at radius 1 is 1.15 bits per heavy atom. The first kappa shape index (κ1) is 13.2. The van der Waals surface area contributed by atoms with Crippen LogP contribution >= 0.6 is 0 Å². The normalized spacial score (nSPS) is 25.3. The molecule has 0 spiro atoms. The third-order valence-corrected chi connectivity index (χ3v) is 4.64. The number of benzene rings is 1. The van der Waals surface area contributed by atoms with Gasteiger partial charge in [-0.15, -0.1) is 0 Å². The fourth-order valence-corrected chi connectivity index (χ4v) is 3.20. The van der Waals surface area contributed by atoms with Crippen molar-refractivity contribution in [2.24, 2.45) is 5.92 Å². The van der Waals surface area contributed by atoms with Gasteiger partial charge >= 0.3 is 0 Å². The second kappa shape index (κ2) is 4.93. The standard InChI is InChI=1S/C16H20N2O2/c1-10-3-5-11(6-4-10)18(2)12-7-8-13-14(9-12)17-16(20)15(13)19/h7-11H,3-6H2,1-2H3,(H,17,19,20). The lowest BCUT2D eigenvalue weighted by atomic mass is 9.86. The zero-order valence-electron chi connectivity index (χ0n) is 12.0. The van der Waals surface area contributed by atoms with E-state index in [-0.39, 0.29) is 0 Å². The average molecular weight is 272 g/mol. The Balaban J connectivity index is 1.80. The van der Waals surface area contributed by atoms with Gasteiger partial charge in [0, 0.05) is 18.8 Å². The number of rotatable bonds is 2. The lowest BCUT2D eigenvalue weighted by molar-refractivity contribution is -0.112. The van der Waals surface area contributed by atoms with Crippen molar-refractivity contribution in [3.8, 4) is 0 Å². The maximum Gasteiger partial charge on any atom is 0.296 e. The third kappa shape index (κ3) is 2.19. The second-order valence-electron chi connectivity index (χ2n) is 6.04. The van der Waals surface area contributed by atoms with Gasteiger partial charge < -0.3 is 10.2 Å². The van der Waals surface area contributed by atoms with Crippen molar-refractivity contribution in [3.63, 3.8) is 0 Å². The van der Waals surface area contributed by atoms with Gasteiger partial charge in [0.1, 0.15) is 0 Å². The highest BCUT2D eigenvalue weighted by Crippen LogP contribution is 2.32. The lowest BCUT2D eigenvalue weighted by Crippen LogP contribution is -2.34. The van der Waals surface area contributed by atoms with E-state index in [0.29, 0.717) is 17.3 Å². The summed E-state index contributed by atoms with van der Waals surface area (Å²) in [6, 6.07) is 6.16. The van der Waals surface area contributed by atoms with Crippen molar-refractivity contribution in [2.75, 3.05) is 17.3 Å². The summed E-state index contributed by atoms with van der Waals surface area (Å²) < 4.78 is 0. The smallest absolute Gasteiger partial charge is 0.296 e. The van der Waals surface area contributed by atoms with Gasteiger partial charge in [-0.1, -0.05) is 6.92 Å². The predicted octanol–water partition coefficient (Wildman–Crippen LogP) is 2.84. The summed E-state index contributed by atoms with van der Waals surface area (Å²) in [5, 5.41) is 2.64. The SMILES string of the molecule is CC1CCC(N(C)c2ccc3c(c2)NC(=O)C3=O)CC1. The summed E-state index contributed by atoms with van der Waals surface area (Å²) in [6.07, 6.45) is 4.96. The number of Topliss-reactive ketones (excluding diaryl/α,β-unsaturated/α-hetero) is 1. The maximum absolute atomic E-state index is 11.6. The zero-order chi connectivity index (χ0) is 14.3. The number of hydrogen-bond acceptors (Lipinski definition) is 3. The predicted molar refractivity (Wildman–Crippen MR) is 79.2 cm³/mol.